The lowest BCUT2D eigenvalue weighted by Crippen LogP contribution is -2.31. The topological polar surface area (TPSA) is 55.3 Å². The number of hydrogen-bond donors (Lipinski definition) is 2. The predicted molar refractivity (Wildman–Crippen MR) is 51.0 cm³/mol. The van der Waals surface area contributed by atoms with Crippen LogP contribution in [0.4, 0.5) is 10.0 Å². The lowest BCUT2D eigenvalue weighted by atomic mass is 10.5. The van der Waals surface area contributed by atoms with Crippen LogP contribution in [0, 0.1) is 0 Å². The Kier molecular flexibility index (Phi) is 1.52. The molecule has 0 fully saturated rings. The van der Waals surface area contributed by atoms with Gasteiger partial charge in [0.1, 0.15) is 10.5 Å². The van der Waals surface area contributed by atoms with Crippen molar-refractivity contribution in [3.8, 4) is 0 Å². The average molecular weight is 187 g/mol. The molecule has 1 atom stereocenters. The Morgan fingerprint density at radius 1 is 1.64 bits per heavy atom. The first kappa shape index (κ1) is 7.27. The van der Waals surface area contributed by atoms with Gasteiger partial charge in [-0.25, -0.2) is 0 Å². The van der Waals surface area contributed by atoms with E-state index in [0.717, 1.165) is 5.00 Å². The van der Waals surface area contributed by atoms with Crippen LogP contribution in [0.25, 0.3) is 0 Å². The van der Waals surface area contributed by atoms with Crippen molar-refractivity contribution in [1.29, 1.82) is 0 Å². The van der Waals surface area contributed by atoms with Crippen LogP contribution < -0.4 is 16.4 Å². The van der Waals surface area contributed by atoms with Crippen molar-refractivity contribution in [2.24, 2.45) is 5.73 Å². The van der Waals surface area contributed by atoms with Crippen molar-refractivity contribution >= 4 is 33.1 Å². The number of fused-ring (bicyclic) bond motifs is 1. The minimum absolute atomic E-state index is 0.0665. The lowest BCUT2D eigenvalue weighted by Gasteiger charge is -2.15. The highest BCUT2D eigenvalue weighted by Crippen LogP contribution is 2.47. The second kappa shape index (κ2) is 2.30. The van der Waals surface area contributed by atoms with Gasteiger partial charge < -0.3 is 16.4 Å². The highest BCUT2D eigenvalue weighted by Gasteiger charge is 2.26. The fourth-order valence-corrected chi connectivity index (χ4v) is 3.23. The zero-order valence-electron chi connectivity index (χ0n) is 6.07. The number of nitrogens with zero attached hydrogens (tertiary/aromatic N) is 1. The quantitative estimate of drug-likeness (QED) is 0.639. The van der Waals surface area contributed by atoms with E-state index >= 15 is 0 Å². The molecule has 1 unspecified atom stereocenters. The zero-order chi connectivity index (χ0) is 8.01. The summed E-state index contributed by atoms with van der Waals surface area (Å²) in [5, 5.41) is 2.06. The Morgan fingerprint density at radius 2 is 2.36 bits per heavy atom. The molecule has 4 N–H and O–H groups in total. The third-order valence-corrected chi connectivity index (χ3v) is 3.96. The van der Waals surface area contributed by atoms with E-state index < -0.39 is 0 Å². The molecule has 1 aromatic rings. The Balaban J connectivity index is 2.44. The molecule has 11 heavy (non-hydrogen) atoms. The van der Waals surface area contributed by atoms with E-state index in [1.165, 1.54) is 9.90 Å². The second-order valence-corrected chi connectivity index (χ2v) is 4.66. The van der Waals surface area contributed by atoms with Gasteiger partial charge in [0.25, 0.3) is 0 Å². The summed E-state index contributed by atoms with van der Waals surface area (Å²) in [4.78, 5) is 3.25. The van der Waals surface area contributed by atoms with Gasteiger partial charge in [0, 0.05) is 11.9 Å². The number of hydrogen-bond acceptors (Lipinski definition) is 5. The molecule has 3 nitrogen and oxygen atoms in total. The first-order valence-corrected chi connectivity index (χ1v) is 4.92. The smallest absolute Gasteiger partial charge is 0.130 e. The van der Waals surface area contributed by atoms with Crippen LogP contribution in [0.1, 0.15) is 0 Å². The molecular formula is C6H9N3S2. The zero-order valence-corrected chi connectivity index (χ0v) is 7.71. The van der Waals surface area contributed by atoms with E-state index in [4.69, 9.17) is 11.5 Å². The van der Waals surface area contributed by atoms with E-state index in [2.05, 4.69) is 0 Å². The van der Waals surface area contributed by atoms with E-state index in [0.29, 0.717) is 0 Å². The van der Waals surface area contributed by atoms with E-state index in [1.54, 1.807) is 23.1 Å². The minimum Gasteiger partial charge on any atom is -0.390 e. The van der Waals surface area contributed by atoms with Gasteiger partial charge in [0.05, 0.1) is 5.00 Å². The molecule has 0 aliphatic carbocycles. The molecule has 2 rings (SSSR count). The van der Waals surface area contributed by atoms with Gasteiger partial charge in [-0.3, -0.25) is 0 Å². The summed E-state index contributed by atoms with van der Waals surface area (Å²) in [7, 11) is 1.99. The largest absolute Gasteiger partial charge is 0.390 e. The van der Waals surface area contributed by atoms with E-state index in [-0.39, 0.29) is 5.50 Å². The van der Waals surface area contributed by atoms with Crippen molar-refractivity contribution in [2.75, 3.05) is 17.7 Å². The number of anilines is 2. The SMILES string of the molecule is CN1c2sc(N)cc2SC1N. The first-order valence-electron chi connectivity index (χ1n) is 3.23. The molecule has 1 aliphatic heterocycles. The fourth-order valence-electron chi connectivity index (χ4n) is 1.04. The van der Waals surface area contributed by atoms with Crippen LogP contribution >= 0.6 is 23.1 Å². The Labute approximate surface area is 73.4 Å². The molecule has 0 saturated carbocycles. The number of thioether (sulfide) groups is 1. The summed E-state index contributed by atoms with van der Waals surface area (Å²) in [6, 6.07) is 1.98. The summed E-state index contributed by atoms with van der Waals surface area (Å²) >= 11 is 3.25. The normalized spacial score (nSPS) is 22.4. The number of nitrogen functional groups attached to an aromatic ring is 1. The van der Waals surface area contributed by atoms with Crippen molar-refractivity contribution < 1.29 is 0 Å². The number of thiophene rings is 1. The number of nitrogens with two attached hydrogens (primary N) is 2. The molecule has 0 aromatic carbocycles. The summed E-state index contributed by atoms with van der Waals surface area (Å²) in [6.07, 6.45) is 0. The second-order valence-electron chi connectivity index (χ2n) is 2.44. The Bertz CT molecular complexity index is 283. The van der Waals surface area contributed by atoms with Gasteiger partial charge in [0.2, 0.25) is 0 Å². The summed E-state index contributed by atoms with van der Waals surface area (Å²) in [5.41, 5.74) is 11.5. The fraction of sp³-hybridized carbons (Fsp3) is 0.333. The standard InChI is InChI=1S/C6H9N3S2/c1-9-5-3(10-6(9)8)2-4(7)11-5/h2,6H,7-8H2,1H3. The maximum absolute atomic E-state index is 5.78. The molecular weight excluding hydrogens is 178 g/mol. The van der Waals surface area contributed by atoms with Gasteiger partial charge in [-0.2, -0.15) is 0 Å². The highest BCUT2D eigenvalue weighted by atomic mass is 32.2. The summed E-state index contributed by atoms with van der Waals surface area (Å²) in [6.45, 7) is 0. The molecule has 0 spiro atoms. The van der Waals surface area contributed by atoms with Crippen molar-refractivity contribution in [3.05, 3.63) is 6.07 Å². The molecule has 1 aliphatic rings. The van der Waals surface area contributed by atoms with Crippen molar-refractivity contribution in [3.63, 3.8) is 0 Å². The van der Waals surface area contributed by atoms with Crippen molar-refractivity contribution in [1.82, 2.24) is 0 Å². The molecule has 5 heteroatoms. The maximum Gasteiger partial charge on any atom is 0.130 e. The molecule has 1 aromatic heterocycles. The molecule has 60 valence electrons. The van der Waals surface area contributed by atoms with Crippen molar-refractivity contribution in [2.45, 2.75) is 10.4 Å². The molecule has 0 saturated heterocycles. The third kappa shape index (κ3) is 0.998. The molecule has 0 amide bonds. The summed E-state index contributed by atoms with van der Waals surface area (Å²) < 4.78 is 0. The van der Waals surface area contributed by atoms with Gasteiger partial charge in [-0.05, 0) is 6.07 Å². The van der Waals surface area contributed by atoms with Crippen LogP contribution in [0.3, 0.4) is 0 Å². The Hall–Kier alpha value is -0.390. The minimum atomic E-state index is 0.0665. The van der Waals surface area contributed by atoms with Crippen LogP contribution in [-0.2, 0) is 0 Å². The third-order valence-electron chi connectivity index (χ3n) is 1.65. The van der Waals surface area contributed by atoms with Crippen LogP contribution in [0.15, 0.2) is 11.0 Å². The predicted octanol–water partition coefficient (Wildman–Crippen LogP) is 1.11. The van der Waals surface area contributed by atoms with Crippen LogP contribution in [0.5, 0.6) is 0 Å². The van der Waals surface area contributed by atoms with E-state index in [1.807, 2.05) is 18.0 Å². The van der Waals surface area contributed by atoms with Gasteiger partial charge in [0.15, 0.2) is 0 Å². The Morgan fingerprint density at radius 3 is 3.00 bits per heavy atom. The van der Waals surface area contributed by atoms with Gasteiger partial charge in [-0.15, -0.1) is 11.3 Å². The summed E-state index contributed by atoms with van der Waals surface area (Å²) in [5.74, 6) is 0. The maximum atomic E-state index is 5.78. The lowest BCUT2D eigenvalue weighted by molar-refractivity contribution is 0.896. The van der Waals surface area contributed by atoms with Crippen LogP contribution in [0.2, 0.25) is 0 Å². The highest BCUT2D eigenvalue weighted by molar-refractivity contribution is 8.00. The van der Waals surface area contributed by atoms with Crippen LogP contribution in [-0.4, -0.2) is 12.5 Å². The average Bonchev–Trinajstić information content (AvgIpc) is 2.37. The number of rotatable bonds is 0. The van der Waals surface area contributed by atoms with Gasteiger partial charge >= 0.3 is 0 Å². The van der Waals surface area contributed by atoms with E-state index in [9.17, 15) is 0 Å². The molecule has 2 heterocycles. The molecule has 0 radical (unpaired) electrons. The molecule has 0 bridgehead atoms. The van der Waals surface area contributed by atoms with Gasteiger partial charge in [-0.1, -0.05) is 11.8 Å². The first-order chi connectivity index (χ1) is 5.18. The monoisotopic (exact) mass is 187 g/mol.